The number of nitrogen functional groups attached to an aromatic ring is 1. The van der Waals surface area contributed by atoms with E-state index in [4.69, 9.17) is 15.7 Å². The lowest BCUT2D eigenvalue weighted by atomic mass is 10.0. The molecule has 0 radical (unpaired) electrons. The van der Waals surface area contributed by atoms with Crippen LogP contribution in [-0.2, 0) is 12.1 Å². The summed E-state index contributed by atoms with van der Waals surface area (Å²) in [6, 6.07) is 25.3. The third-order valence-corrected chi connectivity index (χ3v) is 6.39. The first-order chi connectivity index (χ1) is 18.8. The minimum absolute atomic E-state index is 0.259. The number of hydrogen-bond donors (Lipinski definition) is 2. The number of hydrogen-bond acceptors (Lipinski definition) is 8. The van der Waals surface area contributed by atoms with Gasteiger partial charge in [0.25, 0.3) is 0 Å². The van der Waals surface area contributed by atoms with Gasteiger partial charge in [-0.2, -0.15) is 0 Å². The van der Waals surface area contributed by atoms with Crippen molar-refractivity contribution in [3.05, 3.63) is 103 Å². The van der Waals surface area contributed by atoms with Gasteiger partial charge in [0.15, 0.2) is 5.82 Å². The lowest BCUT2D eigenvalue weighted by molar-refractivity contribution is 0.0736. The van der Waals surface area contributed by atoms with Crippen LogP contribution in [0.1, 0.15) is 25.2 Å². The van der Waals surface area contributed by atoms with Crippen LogP contribution in [0.25, 0.3) is 44.8 Å². The van der Waals surface area contributed by atoms with Crippen LogP contribution < -0.4 is 5.73 Å². The summed E-state index contributed by atoms with van der Waals surface area (Å²) in [5.74, 6) is 0.259. The molecule has 6 rings (SSSR count). The maximum atomic E-state index is 10.3. The van der Waals surface area contributed by atoms with Gasteiger partial charge in [0.2, 0.25) is 0 Å². The fourth-order valence-electron chi connectivity index (χ4n) is 4.42. The van der Waals surface area contributed by atoms with Crippen LogP contribution in [-0.4, -0.2) is 40.0 Å². The lowest BCUT2D eigenvalue weighted by Crippen LogP contribution is -2.18. The van der Waals surface area contributed by atoms with Gasteiger partial charge < -0.3 is 10.8 Å². The van der Waals surface area contributed by atoms with Gasteiger partial charge >= 0.3 is 0 Å². The quantitative estimate of drug-likeness (QED) is 0.322. The third-order valence-electron chi connectivity index (χ3n) is 6.39. The highest BCUT2D eigenvalue weighted by Gasteiger charge is 2.20. The van der Waals surface area contributed by atoms with Gasteiger partial charge in [0, 0.05) is 22.7 Å². The first-order valence-corrected chi connectivity index (χ1v) is 12.5. The monoisotopic (exact) mass is 514 g/mol. The predicted molar refractivity (Wildman–Crippen MR) is 150 cm³/mol. The van der Waals surface area contributed by atoms with E-state index in [1.54, 1.807) is 37.0 Å². The summed E-state index contributed by atoms with van der Waals surface area (Å²) in [7, 11) is 0. The normalized spacial score (nSPS) is 11.7. The average molecular weight is 515 g/mol. The van der Waals surface area contributed by atoms with Crippen LogP contribution in [0.2, 0.25) is 0 Å². The topological polar surface area (TPSA) is 129 Å². The van der Waals surface area contributed by atoms with E-state index < -0.39 is 5.60 Å². The fraction of sp³-hybridized carbons (Fsp3) is 0.133. The van der Waals surface area contributed by atoms with Crippen molar-refractivity contribution >= 4 is 16.7 Å². The van der Waals surface area contributed by atoms with Gasteiger partial charge in [-0.3, -0.25) is 9.97 Å². The van der Waals surface area contributed by atoms with E-state index in [0.29, 0.717) is 35.0 Å². The van der Waals surface area contributed by atoms with E-state index in [-0.39, 0.29) is 5.82 Å². The van der Waals surface area contributed by atoms with E-state index in [1.807, 2.05) is 66.7 Å². The number of anilines is 1. The Bertz CT molecular complexity index is 1790. The van der Waals surface area contributed by atoms with Crippen molar-refractivity contribution in [1.29, 1.82) is 0 Å². The Balaban J connectivity index is 1.42. The van der Waals surface area contributed by atoms with Crippen molar-refractivity contribution in [3.8, 4) is 33.9 Å². The lowest BCUT2D eigenvalue weighted by Gasteiger charge is -2.17. The van der Waals surface area contributed by atoms with Crippen molar-refractivity contribution in [3.63, 3.8) is 0 Å². The standard InChI is InChI=1S/C30H26N8O/c1-30(2,39)25-12-6-11-22(33-25)17-38-18-24(36-37-38)28-29(31)35-26(19-8-4-3-5-9-19)27(34-28)21-13-14-23-20(16-21)10-7-15-32-23/h3-16,18,39H,17H2,1-2H3,(H2,31,35). The molecule has 9 heteroatoms. The number of aliphatic hydroxyl groups is 1. The largest absolute Gasteiger partial charge is 0.384 e. The highest BCUT2D eigenvalue weighted by Crippen LogP contribution is 2.34. The van der Waals surface area contributed by atoms with Crippen molar-refractivity contribution < 1.29 is 5.11 Å². The number of nitrogens with zero attached hydrogens (tertiary/aromatic N) is 7. The van der Waals surface area contributed by atoms with Crippen LogP contribution in [0.3, 0.4) is 0 Å². The maximum Gasteiger partial charge on any atom is 0.152 e. The second kappa shape index (κ2) is 9.70. The summed E-state index contributed by atoms with van der Waals surface area (Å²) >= 11 is 0. The smallest absolute Gasteiger partial charge is 0.152 e. The van der Waals surface area contributed by atoms with E-state index in [9.17, 15) is 5.11 Å². The second-order valence-corrected chi connectivity index (χ2v) is 9.81. The molecule has 6 aromatic rings. The molecule has 0 saturated heterocycles. The predicted octanol–water partition coefficient (Wildman–Crippen LogP) is 4.87. The molecule has 0 aliphatic heterocycles. The Morgan fingerprint density at radius 1 is 0.821 bits per heavy atom. The van der Waals surface area contributed by atoms with E-state index in [1.165, 1.54) is 0 Å². The van der Waals surface area contributed by atoms with Gasteiger partial charge in [-0.25, -0.2) is 14.6 Å². The molecule has 0 amide bonds. The Labute approximate surface area is 225 Å². The van der Waals surface area contributed by atoms with Crippen LogP contribution >= 0.6 is 0 Å². The summed E-state index contributed by atoms with van der Waals surface area (Å²) in [4.78, 5) is 18.8. The molecule has 9 nitrogen and oxygen atoms in total. The summed E-state index contributed by atoms with van der Waals surface area (Å²) < 4.78 is 1.67. The van der Waals surface area contributed by atoms with Crippen molar-refractivity contribution in [2.45, 2.75) is 26.0 Å². The van der Waals surface area contributed by atoms with E-state index in [0.717, 1.165) is 27.7 Å². The Kier molecular flexibility index (Phi) is 6.05. The zero-order valence-electron chi connectivity index (χ0n) is 21.5. The minimum atomic E-state index is -1.04. The average Bonchev–Trinajstić information content (AvgIpc) is 3.41. The molecule has 0 atom stereocenters. The van der Waals surface area contributed by atoms with Crippen LogP contribution in [0.5, 0.6) is 0 Å². The second-order valence-electron chi connectivity index (χ2n) is 9.81. The molecule has 4 heterocycles. The van der Waals surface area contributed by atoms with Crippen LogP contribution in [0.15, 0.2) is 91.3 Å². The van der Waals surface area contributed by atoms with Gasteiger partial charge in [-0.15, -0.1) is 5.10 Å². The molecule has 0 saturated carbocycles. The Morgan fingerprint density at radius 2 is 1.64 bits per heavy atom. The first kappa shape index (κ1) is 24.3. The minimum Gasteiger partial charge on any atom is -0.384 e. The SMILES string of the molecule is CC(C)(O)c1cccc(Cn2cc(-c3nc(-c4ccc5ncccc5c4)c(-c4ccccc4)nc3N)nn2)n1. The molecule has 4 aromatic heterocycles. The summed E-state index contributed by atoms with van der Waals surface area (Å²) in [6.45, 7) is 3.78. The maximum absolute atomic E-state index is 10.3. The first-order valence-electron chi connectivity index (χ1n) is 12.5. The number of pyridine rings is 2. The van der Waals surface area contributed by atoms with Crippen molar-refractivity contribution in [2.24, 2.45) is 0 Å². The molecule has 0 spiro atoms. The third kappa shape index (κ3) is 4.95. The number of rotatable bonds is 6. The molecule has 0 fully saturated rings. The molecule has 0 aliphatic carbocycles. The molecule has 2 aromatic carbocycles. The molecule has 3 N–H and O–H groups in total. The highest BCUT2D eigenvalue weighted by atomic mass is 16.3. The molecular weight excluding hydrogens is 488 g/mol. The number of nitrogens with two attached hydrogens (primary N) is 1. The highest BCUT2D eigenvalue weighted by molar-refractivity contribution is 5.88. The summed E-state index contributed by atoms with van der Waals surface area (Å²) in [6.07, 6.45) is 3.55. The number of aromatic nitrogens is 7. The molecule has 192 valence electrons. The summed E-state index contributed by atoms with van der Waals surface area (Å²) in [5, 5.41) is 19.9. The Morgan fingerprint density at radius 3 is 2.46 bits per heavy atom. The van der Waals surface area contributed by atoms with Crippen LogP contribution in [0, 0.1) is 0 Å². The number of fused-ring (bicyclic) bond motifs is 1. The van der Waals surface area contributed by atoms with Gasteiger partial charge in [-0.05, 0) is 44.2 Å². The molecular formula is C30H26N8O. The van der Waals surface area contributed by atoms with Crippen molar-refractivity contribution in [2.75, 3.05) is 5.73 Å². The number of benzene rings is 2. The molecule has 39 heavy (non-hydrogen) atoms. The van der Waals surface area contributed by atoms with E-state index >= 15 is 0 Å². The van der Waals surface area contributed by atoms with Gasteiger partial charge in [-0.1, -0.05) is 53.7 Å². The molecule has 0 unspecified atom stereocenters. The van der Waals surface area contributed by atoms with Crippen LogP contribution in [0.4, 0.5) is 5.82 Å². The van der Waals surface area contributed by atoms with Crippen molar-refractivity contribution in [1.82, 2.24) is 34.9 Å². The fourth-order valence-corrected chi connectivity index (χ4v) is 4.42. The zero-order chi connectivity index (χ0) is 27.0. The summed E-state index contributed by atoms with van der Waals surface area (Å²) in [5.41, 5.74) is 11.8. The molecule has 0 bridgehead atoms. The van der Waals surface area contributed by atoms with E-state index in [2.05, 4.69) is 26.3 Å². The van der Waals surface area contributed by atoms with Gasteiger partial charge in [0.05, 0.1) is 41.0 Å². The Hall–Kier alpha value is -5.02. The van der Waals surface area contributed by atoms with Gasteiger partial charge in [0.1, 0.15) is 17.0 Å². The zero-order valence-corrected chi connectivity index (χ0v) is 21.5. The molecule has 0 aliphatic rings.